The summed E-state index contributed by atoms with van der Waals surface area (Å²) in [6, 6.07) is 0. The molecule has 0 N–H and O–H groups in total. The van der Waals surface area contributed by atoms with Crippen molar-refractivity contribution < 1.29 is 0 Å². The molecule has 1 heteroatoms. The Labute approximate surface area is 142 Å². The SMILES string of the molecule is S=C1C(C2CCCC2)=CC(C2CCCC2)CC1C1CCCC1. The van der Waals surface area contributed by atoms with Crippen LogP contribution in [0.5, 0.6) is 0 Å². The molecule has 0 bridgehead atoms. The molecule has 0 aliphatic heterocycles. The molecule has 22 heavy (non-hydrogen) atoms. The summed E-state index contributed by atoms with van der Waals surface area (Å²) in [5.41, 5.74) is 1.67. The Balaban J connectivity index is 1.59. The van der Waals surface area contributed by atoms with Crippen molar-refractivity contribution in [3.63, 3.8) is 0 Å². The largest absolute Gasteiger partial charge is 0.0843 e. The first-order valence-corrected chi connectivity index (χ1v) is 10.5. The lowest BCUT2D eigenvalue weighted by Gasteiger charge is -2.37. The molecular formula is C21H32S. The van der Waals surface area contributed by atoms with Gasteiger partial charge in [-0.15, -0.1) is 0 Å². The highest BCUT2D eigenvalue weighted by molar-refractivity contribution is 7.80. The van der Waals surface area contributed by atoms with Gasteiger partial charge in [0.05, 0.1) is 0 Å². The van der Waals surface area contributed by atoms with Crippen molar-refractivity contribution in [3.8, 4) is 0 Å². The summed E-state index contributed by atoms with van der Waals surface area (Å²) in [5, 5.41) is 0. The second-order valence-corrected chi connectivity index (χ2v) is 9.00. The van der Waals surface area contributed by atoms with Crippen LogP contribution in [0.3, 0.4) is 0 Å². The number of allylic oxidation sites excluding steroid dienone is 2. The van der Waals surface area contributed by atoms with Crippen LogP contribution in [0.1, 0.15) is 83.5 Å². The van der Waals surface area contributed by atoms with Crippen LogP contribution in [0.2, 0.25) is 0 Å². The van der Waals surface area contributed by atoms with Gasteiger partial charge in [-0.3, -0.25) is 0 Å². The standard InChI is InChI=1S/C21H32S/c22-21-19(16-9-3-4-10-16)13-18(15-7-1-2-8-15)14-20(21)17-11-5-6-12-17/h13,15-18,20H,1-12,14H2. The zero-order chi connectivity index (χ0) is 14.9. The molecule has 3 saturated carbocycles. The molecule has 0 saturated heterocycles. The van der Waals surface area contributed by atoms with Gasteiger partial charge in [0.2, 0.25) is 0 Å². The summed E-state index contributed by atoms with van der Waals surface area (Å²) in [6.07, 6.45) is 21.6. The maximum absolute atomic E-state index is 6.08. The van der Waals surface area contributed by atoms with E-state index in [-0.39, 0.29) is 0 Å². The first-order chi connectivity index (χ1) is 10.8. The van der Waals surface area contributed by atoms with Gasteiger partial charge in [0.15, 0.2) is 0 Å². The highest BCUT2D eigenvalue weighted by atomic mass is 32.1. The molecule has 4 aliphatic rings. The minimum atomic E-state index is 0.767. The molecule has 2 atom stereocenters. The molecule has 0 aromatic rings. The van der Waals surface area contributed by atoms with Crippen LogP contribution in [-0.2, 0) is 0 Å². The van der Waals surface area contributed by atoms with E-state index in [2.05, 4.69) is 6.08 Å². The maximum Gasteiger partial charge on any atom is 0.0217 e. The molecule has 0 spiro atoms. The second kappa shape index (κ2) is 6.75. The molecule has 0 nitrogen and oxygen atoms in total. The normalized spacial score (nSPS) is 35.5. The minimum absolute atomic E-state index is 0.767. The van der Waals surface area contributed by atoms with Crippen LogP contribution < -0.4 is 0 Å². The van der Waals surface area contributed by atoms with Gasteiger partial charge >= 0.3 is 0 Å². The van der Waals surface area contributed by atoms with Crippen LogP contribution in [-0.4, -0.2) is 4.86 Å². The van der Waals surface area contributed by atoms with Crippen molar-refractivity contribution in [3.05, 3.63) is 11.6 Å². The lowest BCUT2D eigenvalue weighted by molar-refractivity contribution is 0.294. The van der Waals surface area contributed by atoms with E-state index in [4.69, 9.17) is 12.2 Å². The Morgan fingerprint density at radius 1 is 0.727 bits per heavy atom. The molecule has 3 fully saturated rings. The van der Waals surface area contributed by atoms with E-state index in [1.807, 2.05) is 0 Å². The minimum Gasteiger partial charge on any atom is -0.0843 e. The molecule has 4 rings (SSSR count). The van der Waals surface area contributed by atoms with Crippen LogP contribution >= 0.6 is 12.2 Å². The van der Waals surface area contributed by atoms with E-state index >= 15 is 0 Å². The van der Waals surface area contributed by atoms with E-state index in [0.29, 0.717) is 0 Å². The van der Waals surface area contributed by atoms with E-state index in [0.717, 1.165) is 29.6 Å². The fourth-order valence-electron chi connectivity index (χ4n) is 6.05. The summed E-state index contributed by atoms with van der Waals surface area (Å²) >= 11 is 6.08. The molecule has 0 aromatic carbocycles. The van der Waals surface area contributed by atoms with Crippen LogP contribution in [0.25, 0.3) is 0 Å². The molecule has 122 valence electrons. The summed E-state index contributed by atoms with van der Waals surface area (Å²) in [4.78, 5) is 1.42. The zero-order valence-electron chi connectivity index (χ0n) is 14.1. The molecule has 0 heterocycles. The third kappa shape index (κ3) is 2.95. The Bertz CT molecular complexity index is 431. The Morgan fingerprint density at radius 2 is 1.27 bits per heavy atom. The smallest absolute Gasteiger partial charge is 0.0217 e. The summed E-state index contributed by atoms with van der Waals surface area (Å²) < 4.78 is 0. The fraction of sp³-hybridized carbons (Fsp3) is 0.857. The van der Waals surface area contributed by atoms with Gasteiger partial charge in [-0.05, 0) is 80.1 Å². The monoisotopic (exact) mass is 316 g/mol. The summed E-state index contributed by atoms with van der Waals surface area (Å²) in [6.45, 7) is 0. The average Bonchev–Trinajstić information content (AvgIpc) is 3.29. The zero-order valence-corrected chi connectivity index (χ0v) is 14.9. The Hall–Kier alpha value is -0.170. The van der Waals surface area contributed by atoms with E-state index in [1.54, 1.807) is 5.57 Å². The van der Waals surface area contributed by atoms with Gasteiger partial charge in [-0.25, -0.2) is 0 Å². The molecule has 4 aliphatic carbocycles. The predicted octanol–water partition coefficient (Wildman–Crippen LogP) is 6.49. The summed E-state index contributed by atoms with van der Waals surface area (Å²) in [7, 11) is 0. The van der Waals surface area contributed by atoms with Crippen LogP contribution in [0.4, 0.5) is 0 Å². The lowest BCUT2D eigenvalue weighted by Crippen LogP contribution is -2.33. The van der Waals surface area contributed by atoms with Gasteiger partial charge in [-0.2, -0.15) is 0 Å². The van der Waals surface area contributed by atoms with Gasteiger partial charge in [0.25, 0.3) is 0 Å². The van der Waals surface area contributed by atoms with Crippen molar-refractivity contribution in [2.45, 2.75) is 83.5 Å². The second-order valence-electron chi connectivity index (χ2n) is 8.56. The van der Waals surface area contributed by atoms with Gasteiger partial charge in [-0.1, -0.05) is 56.8 Å². The Kier molecular flexibility index (Phi) is 4.72. The fourth-order valence-corrected chi connectivity index (χ4v) is 6.57. The van der Waals surface area contributed by atoms with Gasteiger partial charge < -0.3 is 0 Å². The van der Waals surface area contributed by atoms with Crippen molar-refractivity contribution in [2.24, 2.45) is 29.6 Å². The molecule has 0 aromatic heterocycles. The molecule has 0 amide bonds. The average molecular weight is 317 g/mol. The van der Waals surface area contributed by atoms with Gasteiger partial charge in [0.1, 0.15) is 0 Å². The maximum atomic E-state index is 6.08. The van der Waals surface area contributed by atoms with Crippen molar-refractivity contribution in [1.82, 2.24) is 0 Å². The molecule has 0 radical (unpaired) electrons. The number of hydrogen-bond acceptors (Lipinski definition) is 1. The van der Waals surface area contributed by atoms with Crippen LogP contribution in [0, 0.1) is 29.6 Å². The van der Waals surface area contributed by atoms with Crippen molar-refractivity contribution in [2.75, 3.05) is 0 Å². The molecular weight excluding hydrogens is 284 g/mol. The highest BCUT2D eigenvalue weighted by Gasteiger charge is 2.39. The van der Waals surface area contributed by atoms with E-state index < -0.39 is 0 Å². The molecule has 2 unspecified atom stereocenters. The van der Waals surface area contributed by atoms with Crippen LogP contribution in [0.15, 0.2) is 11.6 Å². The predicted molar refractivity (Wildman–Crippen MR) is 98.2 cm³/mol. The lowest BCUT2D eigenvalue weighted by atomic mass is 9.68. The number of thiocarbonyl (C=S) groups is 1. The topological polar surface area (TPSA) is 0 Å². The Morgan fingerprint density at radius 3 is 1.91 bits per heavy atom. The van der Waals surface area contributed by atoms with E-state index in [9.17, 15) is 0 Å². The third-order valence-electron chi connectivity index (χ3n) is 7.31. The van der Waals surface area contributed by atoms with Crippen molar-refractivity contribution in [1.29, 1.82) is 0 Å². The van der Waals surface area contributed by atoms with Gasteiger partial charge in [0, 0.05) is 4.86 Å². The van der Waals surface area contributed by atoms with E-state index in [1.165, 1.54) is 88.3 Å². The first kappa shape index (κ1) is 15.4. The van der Waals surface area contributed by atoms with Crippen molar-refractivity contribution >= 4 is 17.1 Å². The number of rotatable bonds is 3. The third-order valence-corrected chi connectivity index (χ3v) is 7.85. The quantitative estimate of drug-likeness (QED) is 0.536. The summed E-state index contributed by atoms with van der Waals surface area (Å²) in [5.74, 6) is 4.39. The first-order valence-electron chi connectivity index (χ1n) is 10.1. The number of hydrogen-bond donors (Lipinski definition) is 0. The highest BCUT2D eigenvalue weighted by Crippen LogP contribution is 2.47.